The van der Waals surface area contributed by atoms with Crippen molar-refractivity contribution in [3.63, 3.8) is 0 Å². The van der Waals surface area contributed by atoms with Gasteiger partial charge < -0.3 is 9.30 Å². The summed E-state index contributed by atoms with van der Waals surface area (Å²) in [5.41, 5.74) is 0. The van der Waals surface area contributed by atoms with Crippen LogP contribution in [0.2, 0.25) is 0 Å². The number of fused-ring (bicyclic) bond motifs is 1. The van der Waals surface area contributed by atoms with Crippen LogP contribution in [0.4, 0.5) is 0 Å². The Kier molecular flexibility index (Phi) is 4.34. The molecule has 0 unspecified atom stereocenters. The Morgan fingerprint density at radius 1 is 1.41 bits per heavy atom. The molecule has 0 aliphatic rings. The first-order valence-electron chi connectivity index (χ1n) is 6.59. The van der Waals surface area contributed by atoms with Gasteiger partial charge >= 0.3 is 5.97 Å². The van der Waals surface area contributed by atoms with Crippen molar-refractivity contribution < 1.29 is 9.53 Å². The molecule has 3 aromatic heterocycles. The van der Waals surface area contributed by atoms with Gasteiger partial charge in [0.1, 0.15) is 28.4 Å². The summed E-state index contributed by atoms with van der Waals surface area (Å²) < 4.78 is 6.71. The molecule has 0 aromatic carbocycles. The summed E-state index contributed by atoms with van der Waals surface area (Å²) in [5.74, 6) is 0.258. The molecule has 0 fully saturated rings. The summed E-state index contributed by atoms with van der Waals surface area (Å²) >= 11 is 2.97. The fourth-order valence-electron chi connectivity index (χ4n) is 1.86. The number of hydrogen-bond acceptors (Lipinski definition) is 8. The van der Waals surface area contributed by atoms with E-state index in [1.54, 1.807) is 22.8 Å². The van der Waals surface area contributed by atoms with Gasteiger partial charge in [-0.1, -0.05) is 0 Å². The zero-order chi connectivity index (χ0) is 15.5. The van der Waals surface area contributed by atoms with E-state index in [1.165, 1.54) is 18.1 Å². The third-order valence-corrected chi connectivity index (χ3v) is 4.82. The molecule has 3 rings (SSSR count). The fraction of sp³-hybridized carbons (Fsp3) is 0.308. The zero-order valence-corrected chi connectivity index (χ0v) is 13.6. The van der Waals surface area contributed by atoms with Crippen LogP contribution in [0.15, 0.2) is 28.0 Å². The lowest BCUT2D eigenvalue weighted by atomic mass is 10.4. The minimum Gasteiger partial charge on any atom is -0.466 e. The van der Waals surface area contributed by atoms with Crippen molar-refractivity contribution in [2.45, 2.75) is 23.5 Å². The molecule has 0 amide bonds. The lowest BCUT2D eigenvalue weighted by Crippen LogP contribution is -2.11. The van der Waals surface area contributed by atoms with Crippen LogP contribution in [0.3, 0.4) is 0 Å². The quantitative estimate of drug-likeness (QED) is 0.521. The largest absolute Gasteiger partial charge is 0.466 e. The molecular weight excluding hydrogens is 322 g/mol. The van der Waals surface area contributed by atoms with Gasteiger partial charge in [-0.3, -0.25) is 4.79 Å². The van der Waals surface area contributed by atoms with E-state index in [9.17, 15) is 4.79 Å². The number of ether oxygens (including phenoxy) is 1. The Balaban J connectivity index is 1.83. The molecule has 3 aromatic rings. The summed E-state index contributed by atoms with van der Waals surface area (Å²) in [6, 6.07) is 1.98. The van der Waals surface area contributed by atoms with Gasteiger partial charge in [0.25, 0.3) is 0 Å². The summed E-state index contributed by atoms with van der Waals surface area (Å²) in [5, 5.41) is 12.6. The Hall–Kier alpha value is -2.00. The number of carbonyl (C=O) groups is 1. The highest BCUT2D eigenvalue weighted by Crippen LogP contribution is 2.31. The second kappa shape index (κ2) is 6.41. The van der Waals surface area contributed by atoms with E-state index in [2.05, 4.69) is 20.2 Å². The van der Waals surface area contributed by atoms with Crippen molar-refractivity contribution in [3.05, 3.63) is 23.6 Å². The first-order chi connectivity index (χ1) is 10.7. The average molecular weight is 335 g/mol. The molecule has 22 heavy (non-hydrogen) atoms. The van der Waals surface area contributed by atoms with E-state index in [0.717, 1.165) is 15.2 Å². The van der Waals surface area contributed by atoms with Crippen molar-refractivity contribution in [1.29, 1.82) is 0 Å². The molecule has 0 aliphatic carbocycles. The normalized spacial score (nSPS) is 11.0. The number of esters is 1. The van der Waals surface area contributed by atoms with Crippen LogP contribution in [-0.4, -0.2) is 37.3 Å². The molecule has 0 saturated carbocycles. The van der Waals surface area contributed by atoms with E-state index in [0.29, 0.717) is 17.6 Å². The van der Waals surface area contributed by atoms with Crippen molar-refractivity contribution in [3.8, 4) is 0 Å². The monoisotopic (exact) mass is 335 g/mol. The molecule has 0 N–H and O–H groups in total. The van der Waals surface area contributed by atoms with Crippen LogP contribution < -0.4 is 0 Å². The Morgan fingerprint density at radius 3 is 3.09 bits per heavy atom. The minimum atomic E-state index is -0.309. The molecule has 9 heteroatoms. The van der Waals surface area contributed by atoms with Gasteiger partial charge in [-0.15, -0.1) is 21.5 Å². The third kappa shape index (κ3) is 2.95. The van der Waals surface area contributed by atoms with Gasteiger partial charge in [-0.25, -0.2) is 9.97 Å². The van der Waals surface area contributed by atoms with Crippen molar-refractivity contribution in [2.24, 2.45) is 7.05 Å². The zero-order valence-electron chi connectivity index (χ0n) is 12.0. The molecule has 0 spiro atoms. The maximum Gasteiger partial charge on any atom is 0.313 e. The van der Waals surface area contributed by atoms with Gasteiger partial charge in [0, 0.05) is 12.4 Å². The van der Waals surface area contributed by atoms with E-state index in [1.807, 2.05) is 18.5 Å². The Bertz CT molecular complexity index is 814. The molecule has 7 nitrogen and oxygen atoms in total. The Labute approximate surface area is 134 Å². The minimum absolute atomic E-state index is 0.107. The predicted octanol–water partition coefficient (Wildman–Crippen LogP) is 2.08. The summed E-state index contributed by atoms with van der Waals surface area (Å²) in [6.45, 7) is 2.13. The van der Waals surface area contributed by atoms with Gasteiger partial charge in [0.15, 0.2) is 5.16 Å². The first kappa shape index (κ1) is 14.9. The molecule has 0 saturated heterocycles. The second-order valence-electron chi connectivity index (χ2n) is 4.36. The molecule has 0 atom stereocenters. The smallest absolute Gasteiger partial charge is 0.313 e. The second-order valence-corrected chi connectivity index (χ2v) is 6.21. The number of aromatic nitrogens is 5. The predicted molar refractivity (Wildman–Crippen MR) is 82.9 cm³/mol. The topological polar surface area (TPSA) is 82.8 Å². The lowest BCUT2D eigenvalue weighted by Gasteiger charge is -2.04. The number of nitrogens with zero attached hydrogens (tertiary/aromatic N) is 5. The third-order valence-electron chi connectivity index (χ3n) is 2.95. The highest BCUT2D eigenvalue weighted by molar-refractivity contribution is 7.99. The highest BCUT2D eigenvalue weighted by Gasteiger charge is 2.16. The van der Waals surface area contributed by atoms with Gasteiger partial charge in [0.05, 0.1) is 6.61 Å². The van der Waals surface area contributed by atoms with Crippen LogP contribution >= 0.6 is 23.1 Å². The maximum atomic E-state index is 11.5. The van der Waals surface area contributed by atoms with Crippen molar-refractivity contribution in [2.75, 3.05) is 6.61 Å². The SMILES string of the molecule is CCOC(=O)Cc1nnc(Sc2ncnc3sccc23)n1C. The lowest BCUT2D eigenvalue weighted by molar-refractivity contribution is -0.142. The fourth-order valence-corrected chi connectivity index (χ4v) is 3.53. The number of hydrogen-bond donors (Lipinski definition) is 0. The summed E-state index contributed by atoms with van der Waals surface area (Å²) in [4.78, 5) is 21.0. The molecule has 0 aliphatic heterocycles. The molecule has 114 valence electrons. The van der Waals surface area contributed by atoms with E-state index >= 15 is 0 Å². The van der Waals surface area contributed by atoms with Crippen LogP contribution in [0.25, 0.3) is 10.2 Å². The van der Waals surface area contributed by atoms with Crippen LogP contribution in [0, 0.1) is 0 Å². The van der Waals surface area contributed by atoms with Gasteiger partial charge in [0.2, 0.25) is 0 Å². The maximum absolute atomic E-state index is 11.5. The van der Waals surface area contributed by atoms with E-state index in [4.69, 9.17) is 4.74 Å². The molecule has 3 heterocycles. The molecule has 0 radical (unpaired) electrons. The van der Waals surface area contributed by atoms with E-state index in [-0.39, 0.29) is 12.4 Å². The van der Waals surface area contributed by atoms with Crippen LogP contribution in [0.1, 0.15) is 12.7 Å². The van der Waals surface area contributed by atoms with Gasteiger partial charge in [-0.05, 0) is 30.1 Å². The summed E-state index contributed by atoms with van der Waals surface area (Å²) in [6.07, 6.45) is 1.65. The van der Waals surface area contributed by atoms with Gasteiger partial charge in [-0.2, -0.15) is 0 Å². The number of rotatable bonds is 5. The number of thiophene rings is 1. The number of carbonyl (C=O) groups excluding carboxylic acids is 1. The van der Waals surface area contributed by atoms with E-state index < -0.39 is 0 Å². The van der Waals surface area contributed by atoms with Crippen molar-refractivity contribution >= 4 is 39.3 Å². The highest BCUT2D eigenvalue weighted by atomic mass is 32.2. The standard InChI is InChI=1S/C13H13N5O2S2/c1-3-20-10(19)6-9-16-17-13(18(9)2)22-12-8-4-5-21-11(8)14-7-15-12/h4-5,7H,3,6H2,1-2H3. The first-order valence-corrected chi connectivity index (χ1v) is 8.28. The average Bonchev–Trinajstić information content (AvgIpc) is 3.10. The molecule has 0 bridgehead atoms. The molecular formula is C13H13N5O2S2. The van der Waals surface area contributed by atoms with Crippen LogP contribution in [0.5, 0.6) is 0 Å². The van der Waals surface area contributed by atoms with Crippen LogP contribution in [-0.2, 0) is 23.0 Å². The van der Waals surface area contributed by atoms with Crippen molar-refractivity contribution in [1.82, 2.24) is 24.7 Å². The Morgan fingerprint density at radius 2 is 2.27 bits per heavy atom. The summed E-state index contributed by atoms with van der Waals surface area (Å²) in [7, 11) is 1.82.